The molecule has 5 heteroatoms. The zero-order chi connectivity index (χ0) is 14.1. The lowest BCUT2D eigenvalue weighted by Crippen LogP contribution is -2.53. The predicted octanol–water partition coefficient (Wildman–Crippen LogP) is 1.39. The number of piperazine rings is 1. The first-order chi connectivity index (χ1) is 9.68. The van der Waals surface area contributed by atoms with Crippen molar-refractivity contribution in [2.45, 2.75) is 6.04 Å². The third-order valence-corrected chi connectivity index (χ3v) is 3.61. The van der Waals surface area contributed by atoms with Gasteiger partial charge in [0, 0.05) is 13.1 Å². The molecule has 0 bridgehead atoms. The number of benzene rings is 2. The van der Waals surface area contributed by atoms with E-state index in [1.165, 1.54) is 4.90 Å². The quantitative estimate of drug-likeness (QED) is 0.821. The Hall–Kier alpha value is -2.56. The number of amides is 3. The lowest BCUT2D eigenvalue weighted by Gasteiger charge is -2.34. The van der Waals surface area contributed by atoms with Crippen LogP contribution in [0.1, 0.15) is 11.6 Å². The molecular formula is C15H15N3O2. The first-order valence-corrected chi connectivity index (χ1v) is 6.50. The molecular weight excluding hydrogens is 254 g/mol. The Morgan fingerprint density at radius 1 is 1.20 bits per heavy atom. The van der Waals surface area contributed by atoms with Crippen molar-refractivity contribution in [3.05, 3.63) is 48.0 Å². The number of primary amides is 1. The SMILES string of the molecule is NC(=O)N1CCNC(=O)C1c1cccc2ccccc12. The molecule has 3 amide bonds. The predicted molar refractivity (Wildman–Crippen MR) is 76.0 cm³/mol. The second-order valence-corrected chi connectivity index (χ2v) is 4.79. The summed E-state index contributed by atoms with van der Waals surface area (Å²) in [5.41, 5.74) is 6.21. The Labute approximate surface area is 116 Å². The summed E-state index contributed by atoms with van der Waals surface area (Å²) in [5, 5.41) is 4.79. The van der Waals surface area contributed by atoms with Crippen molar-refractivity contribution < 1.29 is 9.59 Å². The van der Waals surface area contributed by atoms with Crippen LogP contribution < -0.4 is 11.1 Å². The fourth-order valence-corrected chi connectivity index (χ4v) is 2.70. The van der Waals surface area contributed by atoms with E-state index >= 15 is 0 Å². The second kappa shape index (κ2) is 4.85. The van der Waals surface area contributed by atoms with Gasteiger partial charge in [-0.2, -0.15) is 0 Å². The standard InChI is InChI=1S/C15H15N3O2/c16-15(20)18-9-8-17-14(19)13(18)12-7-3-5-10-4-1-2-6-11(10)12/h1-7,13H,8-9H2,(H2,16,20)(H,17,19). The van der Waals surface area contributed by atoms with Crippen molar-refractivity contribution in [3.8, 4) is 0 Å². The first-order valence-electron chi connectivity index (χ1n) is 6.50. The van der Waals surface area contributed by atoms with Crippen LogP contribution in [0, 0.1) is 0 Å². The smallest absolute Gasteiger partial charge is 0.315 e. The molecule has 2 aromatic carbocycles. The fraction of sp³-hybridized carbons (Fsp3) is 0.200. The van der Waals surface area contributed by atoms with Gasteiger partial charge in [-0.1, -0.05) is 42.5 Å². The molecule has 1 aliphatic rings. The zero-order valence-corrected chi connectivity index (χ0v) is 10.9. The molecule has 102 valence electrons. The summed E-state index contributed by atoms with van der Waals surface area (Å²) >= 11 is 0. The van der Waals surface area contributed by atoms with Gasteiger partial charge in [0.25, 0.3) is 0 Å². The summed E-state index contributed by atoms with van der Waals surface area (Å²) in [6.07, 6.45) is 0. The minimum Gasteiger partial charge on any atom is -0.352 e. The molecule has 5 nitrogen and oxygen atoms in total. The van der Waals surface area contributed by atoms with Crippen LogP contribution in [-0.2, 0) is 4.79 Å². The molecule has 3 N–H and O–H groups in total. The van der Waals surface area contributed by atoms with Gasteiger partial charge in [-0.05, 0) is 16.3 Å². The van der Waals surface area contributed by atoms with Crippen LogP contribution in [0.2, 0.25) is 0 Å². The van der Waals surface area contributed by atoms with Gasteiger partial charge in [0.15, 0.2) is 0 Å². The number of hydrogen-bond acceptors (Lipinski definition) is 2. The highest BCUT2D eigenvalue weighted by Gasteiger charge is 2.34. The number of nitrogens with two attached hydrogens (primary N) is 1. The van der Waals surface area contributed by atoms with Crippen LogP contribution in [-0.4, -0.2) is 29.9 Å². The Morgan fingerprint density at radius 2 is 1.95 bits per heavy atom. The number of nitrogens with zero attached hydrogens (tertiary/aromatic N) is 1. The average Bonchev–Trinajstić information content (AvgIpc) is 2.46. The number of hydrogen-bond donors (Lipinski definition) is 2. The van der Waals surface area contributed by atoms with Crippen LogP contribution in [0.4, 0.5) is 4.79 Å². The summed E-state index contributed by atoms with van der Waals surface area (Å²) in [6, 6.07) is 12.3. The molecule has 20 heavy (non-hydrogen) atoms. The van der Waals surface area contributed by atoms with Crippen LogP contribution in [0.5, 0.6) is 0 Å². The largest absolute Gasteiger partial charge is 0.352 e. The summed E-state index contributed by atoms with van der Waals surface area (Å²) in [4.78, 5) is 25.2. The highest BCUT2D eigenvalue weighted by Crippen LogP contribution is 2.29. The number of rotatable bonds is 1. The van der Waals surface area contributed by atoms with Crippen molar-refractivity contribution >= 4 is 22.7 Å². The van der Waals surface area contributed by atoms with E-state index in [1.807, 2.05) is 42.5 Å². The number of carbonyl (C=O) groups excluding carboxylic acids is 2. The molecule has 0 spiro atoms. The van der Waals surface area contributed by atoms with Crippen molar-refractivity contribution in [2.24, 2.45) is 5.73 Å². The molecule has 0 aliphatic carbocycles. The van der Waals surface area contributed by atoms with E-state index in [0.717, 1.165) is 16.3 Å². The van der Waals surface area contributed by atoms with E-state index in [1.54, 1.807) is 0 Å². The van der Waals surface area contributed by atoms with Crippen molar-refractivity contribution in [1.82, 2.24) is 10.2 Å². The van der Waals surface area contributed by atoms with E-state index < -0.39 is 12.1 Å². The number of nitrogens with one attached hydrogen (secondary N) is 1. The zero-order valence-electron chi connectivity index (χ0n) is 10.9. The van der Waals surface area contributed by atoms with Crippen LogP contribution in [0.15, 0.2) is 42.5 Å². The van der Waals surface area contributed by atoms with Crippen molar-refractivity contribution in [2.75, 3.05) is 13.1 Å². The van der Waals surface area contributed by atoms with Gasteiger partial charge in [0.05, 0.1) is 0 Å². The van der Waals surface area contributed by atoms with Gasteiger partial charge in [-0.25, -0.2) is 4.79 Å². The number of fused-ring (bicyclic) bond motifs is 1. The van der Waals surface area contributed by atoms with Crippen LogP contribution in [0.25, 0.3) is 10.8 Å². The first kappa shape index (κ1) is 12.5. The minimum atomic E-state index is -0.660. The maximum Gasteiger partial charge on any atom is 0.315 e. The van der Waals surface area contributed by atoms with Gasteiger partial charge in [0.2, 0.25) is 5.91 Å². The van der Waals surface area contributed by atoms with Gasteiger partial charge in [-0.3, -0.25) is 4.79 Å². The lowest BCUT2D eigenvalue weighted by atomic mass is 9.96. The third kappa shape index (κ3) is 1.97. The second-order valence-electron chi connectivity index (χ2n) is 4.79. The average molecular weight is 269 g/mol. The van der Waals surface area contributed by atoms with E-state index in [2.05, 4.69) is 5.32 Å². The van der Waals surface area contributed by atoms with Crippen LogP contribution in [0.3, 0.4) is 0 Å². The van der Waals surface area contributed by atoms with Crippen molar-refractivity contribution in [1.29, 1.82) is 0 Å². The Bertz CT molecular complexity index is 678. The highest BCUT2D eigenvalue weighted by molar-refractivity contribution is 5.95. The molecule has 1 heterocycles. The normalized spacial score (nSPS) is 18.9. The highest BCUT2D eigenvalue weighted by atomic mass is 16.2. The molecule has 1 saturated heterocycles. The molecule has 2 aromatic rings. The number of carbonyl (C=O) groups is 2. The Morgan fingerprint density at radius 3 is 2.75 bits per heavy atom. The Balaban J connectivity index is 2.16. The van der Waals surface area contributed by atoms with Crippen molar-refractivity contribution in [3.63, 3.8) is 0 Å². The fourth-order valence-electron chi connectivity index (χ4n) is 2.70. The summed E-state index contributed by atoms with van der Waals surface area (Å²) in [6.45, 7) is 0.859. The molecule has 1 atom stereocenters. The summed E-state index contributed by atoms with van der Waals surface area (Å²) in [5.74, 6) is -0.189. The summed E-state index contributed by atoms with van der Waals surface area (Å²) in [7, 11) is 0. The van der Waals surface area contributed by atoms with Gasteiger partial charge in [-0.15, -0.1) is 0 Å². The monoisotopic (exact) mass is 269 g/mol. The Kier molecular flexibility index (Phi) is 3.02. The maximum absolute atomic E-state index is 12.2. The van der Waals surface area contributed by atoms with Gasteiger partial charge in [0.1, 0.15) is 6.04 Å². The minimum absolute atomic E-state index is 0.189. The topological polar surface area (TPSA) is 75.4 Å². The molecule has 0 saturated carbocycles. The molecule has 1 fully saturated rings. The van der Waals surface area contributed by atoms with E-state index in [-0.39, 0.29) is 5.91 Å². The van der Waals surface area contributed by atoms with Gasteiger partial charge < -0.3 is 16.0 Å². The molecule has 1 aliphatic heterocycles. The summed E-state index contributed by atoms with van der Waals surface area (Å²) < 4.78 is 0. The van der Waals surface area contributed by atoms with E-state index in [9.17, 15) is 9.59 Å². The third-order valence-electron chi connectivity index (χ3n) is 3.61. The maximum atomic E-state index is 12.2. The van der Waals surface area contributed by atoms with Gasteiger partial charge >= 0.3 is 6.03 Å². The number of urea groups is 1. The molecule has 3 rings (SSSR count). The lowest BCUT2D eigenvalue weighted by molar-refractivity contribution is -0.127. The molecule has 0 aromatic heterocycles. The van der Waals surface area contributed by atoms with E-state index in [4.69, 9.17) is 5.73 Å². The van der Waals surface area contributed by atoms with E-state index in [0.29, 0.717) is 13.1 Å². The molecule has 0 radical (unpaired) electrons. The van der Waals surface area contributed by atoms with Crippen LogP contribution >= 0.6 is 0 Å². The molecule has 1 unspecified atom stereocenters.